The lowest BCUT2D eigenvalue weighted by molar-refractivity contribution is 0.0526. The number of hydrogen-bond acceptors (Lipinski definition) is 5. The number of rotatable bonds is 5. The fraction of sp³-hybridized carbons (Fsp3) is 0.105. The van der Waals surface area contributed by atoms with E-state index in [9.17, 15) is 14.7 Å². The minimum atomic E-state index is -1.03. The van der Waals surface area contributed by atoms with Crippen LogP contribution in [0.3, 0.4) is 0 Å². The van der Waals surface area contributed by atoms with Gasteiger partial charge in [0, 0.05) is 21.7 Å². The Morgan fingerprint density at radius 1 is 1.23 bits per heavy atom. The van der Waals surface area contributed by atoms with E-state index in [4.69, 9.17) is 4.74 Å². The highest BCUT2D eigenvalue weighted by Crippen LogP contribution is 2.31. The van der Waals surface area contributed by atoms with Crippen LogP contribution in [-0.4, -0.2) is 28.6 Å². The second-order valence-corrected chi connectivity index (χ2v) is 6.36. The van der Waals surface area contributed by atoms with Gasteiger partial charge in [-0.1, -0.05) is 22.0 Å². The molecule has 26 heavy (non-hydrogen) atoms. The Labute approximate surface area is 157 Å². The van der Waals surface area contributed by atoms with Crippen molar-refractivity contribution in [2.24, 2.45) is 0 Å². The molecule has 2 N–H and O–H groups in total. The number of carbonyl (C=O) groups excluding carboxylic acids is 1. The number of hydrogen-bond donors (Lipinski definition) is 2. The van der Waals surface area contributed by atoms with Gasteiger partial charge in [-0.2, -0.15) is 0 Å². The Kier molecular flexibility index (Phi) is 5.18. The first-order chi connectivity index (χ1) is 12.5. The summed E-state index contributed by atoms with van der Waals surface area (Å²) in [6, 6.07) is 11.9. The molecule has 0 unspecified atom stereocenters. The summed E-state index contributed by atoms with van der Waals surface area (Å²) in [7, 11) is 0. The molecule has 7 heteroatoms. The lowest BCUT2D eigenvalue weighted by atomic mass is 10.1. The number of benzene rings is 2. The minimum Gasteiger partial charge on any atom is -0.478 e. The lowest BCUT2D eigenvalue weighted by Crippen LogP contribution is -2.09. The van der Waals surface area contributed by atoms with E-state index in [0.717, 1.165) is 4.47 Å². The highest BCUT2D eigenvalue weighted by atomic mass is 79.9. The molecule has 0 saturated heterocycles. The standard InChI is InChI=1S/C19H15BrN2O4/c1-2-26-19(25)15-10-21-16-7-6-12(20)9-14(16)17(15)22-13-5-3-4-11(8-13)18(23)24/h3-10H,2H2,1H3,(H,21,22)(H,23,24). The summed E-state index contributed by atoms with van der Waals surface area (Å²) in [5.41, 5.74) is 2.17. The molecule has 132 valence electrons. The van der Waals surface area contributed by atoms with Crippen molar-refractivity contribution in [3.8, 4) is 0 Å². The highest BCUT2D eigenvalue weighted by molar-refractivity contribution is 9.10. The van der Waals surface area contributed by atoms with E-state index in [-0.39, 0.29) is 17.7 Å². The predicted molar refractivity (Wildman–Crippen MR) is 102 cm³/mol. The highest BCUT2D eigenvalue weighted by Gasteiger charge is 2.17. The summed E-state index contributed by atoms with van der Waals surface area (Å²) in [5.74, 6) is -1.53. The van der Waals surface area contributed by atoms with E-state index >= 15 is 0 Å². The van der Waals surface area contributed by atoms with Crippen molar-refractivity contribution in [3.05, 3.63) is 64.3 Å². The maximum absolute atomic E-state index is 12.4. The van der Waals surface area contributed by atoms with Crippen LogP contribution in [0.15, 0.2) is 53.1 Å². The Bertz CT molecular complexity index is 1000. The third-order valence-corrected chi connectivity index (χ3v) is 4.20. The molecule has 0 fully saturated rings. The van der Waals surface area contributed by atoms with E-state index < -0.39 is 11.9 Å². The zero-order valence-corrected chi connectivity index (χ0v) is 15.4. The molecule has 0 aliphatic heterocycles. The molecule has 1 aromatic heterocycles. The molecular weight excluding hydrogens is 400 g/mol. The number of nitrogens with one attached hydrogen (secondary N) is 1. The zero-order valence-electron chi connectivity index (χ0n) is 13.8. The monoisotopic (exact) mass is 414 g/mol. The fourth-order valence-electron chi connectivity index (χ4n) is 2.54. The molecule has 2 aromatic carbocycles. The molecule has 0 atom stereocenters. The number of esters is 1. The SMILES string of the molecule is CCOC(=O)c1cnc2ccc(Br)cc2c1Nc1cccc(C(=O)O)c1. The van der Waals surface area contributed by atoms with E-state index in [1.54, 1.807) is 19.1 Å². The number of anilines is 2. The maximum atomic E-state index is 12.4. The second-order valence-electron chi connectivity index (χ2n) is 5.44. The predicted octanol–water partition coefficient (Wildman–Crippen LogP) is 4.62. The topological polar surface area (TPSA) is 88.5 Å². The van der Waals surface area contributed by atoms with Gasteiger partial charge in [0.2, 0.25) is 0 Å². The van der Waals surface area contributed by atoms with Crippen molar-refractivity contribution >= 4 is 50.1 Å². The van der Waals surface area contributed by atoms with Crippen molar-refractivity contribution in [1.82, 2.24) is 4.98 Å². The van der Waals surface area contributed by atoms with Gasteiger partial charge < -0.3 is 15.2 Å². The molecule has 0 amide bonds. The Morgan fingerprint density at radius 2 is 2.04 bits per heavy atom. The third-order valence-electron chi connectivity index (χ3n) is 3.70. The molecule has 3 rings (SSSR count). The number of carboxylic acids is 1. The summed E-state index contributed by atoms with van der Waals surface area (Å²) in [6.07, 6.45) is 1.46. The molecule has 0 saturated carbocycles. The summed E-state index contributed by atoms with van der Waals surface area (Å²) in [4.78, 5) is 27.9. The van der Waals surface area contributed by atoms with E-state index in [1.165, 1.54) is 18.3 Å². The average molecular weight is 415 g/mol. The molecule has 0 spiro atoms. The molecular formula is C19H15BrN2O4. The normalized spacial score (nSPS) is 10.5. The van der Waals surface area contributed by atoms with Crippen molar-refractivity contribution < 1.29 is 19.4 Å². The second kappa shape index (κ2) is 7.53. The first-order valence-corrected chi connectivity index (χ1v) is 8.64. The largest absolute Gasteiger partial charge is 0.478 e. The molecule has 0 radical (unpaired) electrons. The van der Waals surface area contributed by atoms with Gasteiger partial charge in [-0.3, -0.25) is 4.98 Å². The quantitative estimate of drug-likeness (QED) is 0.592. The number of fused-ring (bicyclic) bond motifs is 1. The number of ether oxygens (including phenoxy) is 1. The Hall–Kier alpha value is -2.93. The number of carboxylic acid groups (broad SMARTS) is 1. The van der Waals surface area contributed by atoms with Crippen molar-refractivity contribution in [2.75, 3.05) is 11.9 Å². The minimum absolute atomic E-state index is 0.146. The molecule has 0 bridgehead atoms. The van der Waals surface area contributed by atoms with Crippen LogP contribution in [0.25, 0.3) is 10.9 Å². The number of pyridine rings is 1. The number of aromatic carboxylic acids is 1. The molecule has 6 nitrogen and oxygen atoms in total. The van der Waals surface area contributed by atoms with Crippen LogP contribution >= 0.6 is 15.9 Å². The summed E-state index contributed by atoms with van der Waals surface area (Å²) in [5, 5.41) is 13.0. The van der Waals surface area contributed by atoms with Crippen LogP contribution < -0.4 is 5.32 Å². The van der Waals surface area contributed by atoms with Crippen molar-refractivity contribution in [3.63, 3.8) is 0 Å². The van der Waals surface area contributed by atoms with Gasteiger partial charge in [-0.15, -0.1) is 0 Å². The summed E-state index contributed by atoms with van der Waals surface area (Å²) >= 11 is 3.43. The lowest BCUT2D eigenvalue weighted by Gasteiger charge is -2.14. The van der Waals surface area contributed by atoms with E-state index in [2.05, 4.69) is 26.2 Å². The van der Waals surface area contributed by atoms with Gasteiger partial charge in [0.1, 0.15) is 5.56 Å². The molecule has 3 aromatic rings. The van der Waals surface area contributed by atoms with Crippen LogP contribution in [0.1, 0.15) is 27.6 Å². The van der Waals surface area contributed by atoms with Crippen LogP contribution in [0.4, 0.5) is 11.4 Å². The van der Waals surface area contributed by atoms with Crippen LogP contribution in [0.5, 0.6) is 0 Å². The number of carbonyl (C=O) groups is 2. The van der Waals surface area contributed by atoms with E-state index in [1.807, 2.05) is 18.2 Å². The molecule has 0 aliphatic rings. The third kappa shape index (κ3) is 3.67. The summed E-state index contributed by atoms with van der Waals surface area (Å²) < 4.78 is 5.95. The van der Waals surface area contributed by atoms with Crippen LogP contribution in [-0.2, 0) is 4.74 Å². The van der Waals surface area contributed by atoms with Gasteiger partial charge in [0.15, 0.2) is 0 Å². The summed E-state index contributed by atoms with van der Waals surface area (Å²) in [6.45, 7) is 1.97. The smallest absolute Gasteiger partial charge is 0.341 e. The van der Waals surface area contributed by atoms with Crippen molar-refractivity contribution in [2.45, 2.75) is 6.92 Å². The van der Waals surface area contributed by atoms with Gasteiger partial charge in [-0.05, 0) is 43.3 Å². The molecule has 1 heterocycles. The first kappa shape index (κ1) is 17.9. The van der Waals surface area contributed by atoms with Gasteiger partial charge in [0.05, 0.1) is 23.4 Å². The van der Waals surface area contributed by atoms with Crippen LogP contribution in [0, 0.1) is 0 Å². The number of nitrogens with zero attached hydrogens (tertiary/aromatic N) is 1. The fourth-order valence-corrected chi connectivity index (χ4v) is 2.90. The van der Waals surface area contributed by atoms with Gasteiger partial charge in [0.25, 0.3) is 0 Å². The average Bonchev–Trinajstić information content (AvgIpc) is 2.62. The van der Waals surface area contributed by atoms with Crippen molar-refractivity contribution in [1.29, 1.82) is 0 Å². The first-order valence-electron chi connectivity index (χ1n) is 7.85. The van der Waals surface area contributed by atoms with Crippen LogP contribution in [0.2, 0.25) is 0 Å². The molecule has 0 aliphatic carbocycles. The zero-order chi connectivity index (χ0) is 18.7. The Morgan fingerprint density at radius 3 is 2.77 bits per heavy atom. The van der Waals surface area contributed by atoms with Gasteiger partial charge in [-0.25, -0.2) is 9.59 Å². The maximum Gasteiger partial charge on any atom is 0.341 e. The van der Waals surface area contributed by atoms with E-state index in [0.29, 0.717) is 22.3 Å². The number of halogens is 1. The number of aromatic nitrogens is 1. The Balaban J connectivity index is 2.16. The van der Waals surface area contributed by atoms with Gasteiger partial charge >= 0.3 is 11.9 Å².